The van der Waals surface area contributed by atoms with E-state index in [1.54, 1.807) is 4.90 Å². The number of aryl methyl sites for hydroxylation is 1. The predicted octanol–water partition coefficient (Wildman–Crippen LogP) is 4.18. The fourth-order valence-electron chi connectivity index (χ4n) is 3.50. The number of H-pyrrole nitrogens is 1. The summed E-state index contributed by atoms with van der Waals surface area (Å²) in [5, 5.41) is 0. The minimum absolute atomic E-state index is 0.166. The molecule has 4 rings (SSSR count). The number of fused-ring (bicyclic) bond motifs is 2. The zero-order valence-corrected chi connectivity index (χ0v) is 14.5. The summed E-state index contributed by atoms with van der Waals surface area (Å²) in [6.45, 7) is 6.33. The number of aromatic nitrogens is 2. The zero-order chi connectivity index (χ0) is 17.1. The Labute approximate surface area is 141 Å². The number of aromatic amines is 1. The molecule has 2 aromatic carbocycles. The van der Waals surface area contributed by atoms with Gasteiger partial charge in [0, 0.05) is 30.1 Å². The molecule has 0 spiro atoms. The van der Waals surface area contributed by atoms with Crippen LogP contribution in [0.4, 0.5) is 5.69 Å². The quantitative estimate of drug-likeness (QED) is 0.731. The molecule has 0 saturated carbocycles. The van der Waals surface area contributed by atoms with E-state index in [0.717, 1.165) is 28.1 Å². The lowest BCUT2D eigenvalue weighted by atomic mass is 9.77. The number of hydrogen-bond donors (Lipinski definition) is 1. The number of amides is 1. The molecule has 0 unspecified atom stereocenters. The number of anilines is 1. The number of imidazole rings is 1. The highest BCUT2D eigenvalue weighted by Crippen LogP contribution is 2.41. The SMILES string of the molecule is Cc1ccc2nc(-c3ccc4c(c3)C(C)(C)CC(=O)N4C)[nH]c2c1. The smallest absolute Gasteiger partial charge is 0.227 e. The lowest BCUT2D eigenvalue weighted by Gasteiger charge is -2.37. The van der Waals surface area contributed by atoms with Gasteiger partial charge in [0.1, 0.15) is 5.82 Å². The van der Waals surface area contributed by atoms with Crippen LogP contribution in [0.1, 0.15) is 31.4 Å². The Hall–Kier alpha value is -2.62. The van der Waals surface area contributed by atoms with Crippen LogP contribution in [-0.2, 0) is 10.2 Å². The van der Waals surface area contributed by atoms with Crippen molar-refractivity contribution in [1.29, 1.82) is 0 Å². The third-order valence-electron chi connectivity index (χ3n) is 4.97. The summed E-state index contributed by atoms with van der Waals surface area (Å²) in [7, 11) is 1.85. The van der Waals surface area contributed by atoms with Gasteiger partial charge in [-0.25, -0.2) is 4.98 Å². The first kappa shape index (κ1) is 14.9. The van der Waals surface area contributed by atoms with Gasteiger partial charge in [-0.3, -0.25) is 4.79 Å². The first-order valence-electron chi connectivity index (χ1n) is 8.23. The molecule has 1 N–H and O–H groups in total. The number of benzene rings is 2. The number of hydrogen-bond acceptors (Lipinski definition) is 2. The molecule has 4 nitrogen and oxygen atoms in total. The number of nitrogens with zero attached hydrogens (tertiary/aromatic N) is 2. The van der Waals surface area contributed by atoms with Crippen molar-refractivity contribution >= 4 is 22.6 Å². The number of nitrogens with one attached hydrogen (secondary N) is 1. The molecule has 1 aromatic heterocycles. The van der Waals surface area contributed by atoms with Crippen molar-refractivity contribution in [1.82, 2.24) is 9.97 Å². The molecule has 122 valence electrons. The number of rotatable bonds is 1. The third kappa shape index (κ3) is 2.21. The van der Waals surface area contributed by atoms with E-state index < -0.39 is 0 Å². The second-order valence-electron chi connectivity index (χ2n) is 7.35. The van der Waals surface area contributed by atoms with Gasteiger partial charge < -0.3 is 9.88 Å². The normalized spacial score (nSPS) is 16.5. The van der Waals surface area contributed by atoms with Gasteiger partial charge in [0.25, 0.3) is 0 Å². The molecule has 0 saturated heterocycles. The van der Waals surface area contributed by atoms with E-state index in [1.807, 2.05) is 25.2 Å². The maximum absolute atomic E-state index is 12.2. The Morgan fingerprint density at radius 2 is 1.96 bits per heavy atom. The molecule has 1 aliphatic rings. The molecule has 0 bridgehead atoms. The number of carbonyl (C=O) groups excluding carboxylic acids is 1. The van der Waals surface area contributed by atoms with E-state index >= 15 is 0 Å². The molecular weight excluding hydrogens is 298 g/mol. The fourth-order valence-corrected chi connectivity index (χ4v) is 3.50. The van der Waals surface area contributed by atoms with Crippen molar-refractivity contribution in [2.75, 3.05) is 11.9 Å². The van der Waals surface area contributed by atoms with Crippen LogP contribution in [0, 0.1) is 6.92 Å². The molecule has 4 heteroatoms. The second-order valence-corrected chi connectivity index (χ2v) is 7.35. The molecule has 1 amide bonds. The highest BCUT2D eigenvalue weighted by atomic mass is 16.2. The van der Waals surface area contributed by atoms with Crippen LogP contribution in [0.2, 0.25) is 0 Å². The minimum Gasteiger partial charge on any atom is -0.338 e. The highest BCUT2D eigenvalue weighted by molar-refractivity contribution is 5.97. The minimum atomic E-state index is -0.169. The van der Waals surface area contributed by atoms with Gasteiger partial charge in [0.05, 0.1) is 11.0 Å². The number of carbonyl (C=O) groups is 1. The van der Waals surface area contributed by atoms with Crippen molar-refractivity contribution in [2.24, 2.45) is 0 Å². The summed E-state index contributed by atoms with van der Waals surface area (Å²) >= 11 is 0. The Kier molecular flexibility index (Phi) is 3.07. The summed E-state index contributed by atoms with van der Waals surface area (Å²) in [6, 6.07) is 12.5. The van der Waals surface area contributed by atoms with Crippen molar-refractivity contribution in [2.45, 2.75) is 32.6 Å². The first-order valence-corrected chi connectivity index (χ1v) is 8.23. The van der Waals surface area contributed by atoms with Crippen LogP contribution in [0.5, 0.6) is 0 Å². The highest BCUT2D eigenvalue weighted by Gasteiger charge is 2.35. The average molecular weight is 319 g/mol. The zero-order valence-electron chi connectivity index (χ0n) is 14.5. The molecule has 3 aromatic rings. The van der Waals surface area contributed by atoms with E-state index in [0.29, 0.717) is 6.42 Å². The molecule has 0 fully saturated rings. The maximum Gasteiger partial charge on any atom is 0.227 e. The monoisotopic (exact) mass is 319 g/mol. The van der Waals surface area contributed by atoms with Gasteiger partial charge >= 0.3 is 0 Å². The molecule has 1 aliphatic heterocycles. The second kappa shape index (κ2) is 4.94. The van der Waals surface area contributed by atoms with Crippen molar-refractivity contribution in [3.63, 3.8) is 0 Å². The predicted molar refractivity (Wildman–Crippen MR) is 97.3 cm³/mol. The van der Waals surface area contributed by atoms with E-state index in [4.69, 9.17) is 4.98 Å². The lowest BCUT2D eigenvalue weighted by Crippen LogP contribution is -2.39. The van der Waals surface area contributed by atoms with E-state index in [1.165, 1.54) is 11.1 Å². The summed E-state index contributed by atoms with van der Waals surface area (Å²) in [5.74, 6) is 1.04. The Bertz CT molecular complexity index is 968. The van der Waals surface area contributed by atoms with E-state index in [-0.39, 0.29) is 11.3 Å². The molecule has 0 aliphatic carbocycles. The average Bonchev–Trinajstić information content (AvgIpc) is 2.95. The Morgan fingerprint density at radius 3 is 2.75 bits per heavy atom. The Morgan fingerprint density at radius 1 is 1.17 bits per heavy atom. The van der Waals surface area contributed by atoms with Crippen molar-refractivity contribution in [3.8, 4) is 11.4 Å². The standard InChI is InChI=1S/C20H21N3O/c1-12-5-7-15-16(9-12)22-19(21-15)13-6-8-17-14(10-13)20(2,3)11-18(24)23(17)4/h5-10H,11H2,1-4H3,(H,21,22). The van der Waals surface area contributed by atoms with Gasteiger partial charge in [-0.05, 0) is 48.4 Å². The van der Waals surface area contributed by atoms with Gasteiger partial charge in [-0.2, -0.15) is 0 Å². The third-order valence-corrected chi connectivity index (χ3v) is 4.97. The molecule has 2 heterocycles. The van der Waals surface area contributed by atoms with E-state index in [9.17, 15) is 4.79 Å². The molecular formula is C20H21N3O. The van der Waals surface area contributed by atoms with Crippen LogP contribution in [-0.4, -0.2) is 22.9 Å². The Balaban J connectivity index is 1.86. The van der Waals surface area contributed by atoms with Crippen LogP contribution >= 0.6 is 0 Å². The summed E-state index contributed by atoms with van der Waals surface area (Å²) in [6.07, 6.45) is 0.527. The molecule has 0 atom stereocenters. The van der Waals surface area contributed by atoms with Gasteiger partial charge in [0.2, 0.25) is 5.91 Å². The van der Waals surface area contributed by atoms with Crippen molar-refractivity contribution < 1.29 is 4.79 Å². The molecule has 0 radical (unpaired) electrons. The summed E-state index contributed by atoms with van der Waals surface area (Å²) < 4.78 is 0. The maximum atomic E-state index is 12.2. The van der Waals surface area contributed by atoms with Gasteiger partial charge in [-0.15, -0.1) is 0 Å². The first-order chi connectivity index (χ1) is 11.3. The van der Waals surface area contributed by atoms with Crippen molar-refractivity contribution in [3.05, 3.63) is 47.5 Å². The largest absolute Gasteiger partial charge is 0.338 e. The van der Waals surface area contributed by atoms with Crippen LogP contribution in [0.25, 0.3) is 22.4 Å². The molecule has 24 heavy (non-hydrogen) atoms. The fraction of sp³-hybridized carbons (Fsp3) is 0.300. The van der Waals surface area contributed by atoms with Crippen LogP contribution < -0.4 is 4.90 Å². The van der Waals surface area contributed by atoms with E-state index in [2.05, 4.69) is 44.0 Å². The summed E-state index contributed by atoms with van der Waals surface area (Å²) in [5.41, 5.74) is 6.31. The van der Waals surface area contributed by atoms with Crippen LogP contribution in [0.15, 0.2) is 36.4 Å². The van der Waals surface area contributed by atoms with Gasteiger partial charge in [0.15, 0.2) is 0 Å². The summed E-state index contributed by atoms with van der Waals surface area (Å²) in [4.78, 5) is 22.1. The lowest BCUT2D eigenvalue weighted by molar-refractivity contribution is -0.119. The topological polar surface area (TPSA) is 49.0 Å². The van der Waals surface area contributed by atoms with Crippen LogP contribution in [0.3, 0.4) is 0 Å². The van der Waals surface area contributed by atoms with Gasteiger partial charge in [-0.1, -0.05) is 19.9 Å².